The SMILES string of the molecule is CCCN1CCC(Cc2n[nH]c(Cc3ccccc3)n2)CC1. The van der Waals surface area contributed by atoms with Crippen LogP contribution in [0.5, 0.6) is 0 Å². The lowest BCUT2D eigenvalue weighted by atomic mass is 9.93. The molecule has 1 aliphatic heterocycles. The summed E-state index contributed by atoms with van der Waals surface area (Å²) in [5, 5.41) is 7.51. The summed E-state index contributed by atoms with van der Waals surface area (Å²) in [7, 11) is 0. The van der Waals surface area contributed by atoms with Gasteiger partial charge in [-0.2, -0.15) is 5.10 Å². The first-order valence-electron chi connectivity index (χ1n) is 8.50. The molecule has 0 saturated carbocycles. The average Bonchev–Trinajstić information content (AvgIpc) is 2.98. The van der Waals surface area contributed by atoms with Crippen molar-refractivity contribution in [3.63, 3.8) is 0 Å². The van der Waals surface area contributed by atoms with Crippen molar-refractivity contribution in [1.82, 2.24) is 20.1 Å². The number of likely N-dealkylation sites (tertiary alicyclic amines) is 1. The fraction of sp³-hybridized carbons (Fsp3) is 0.556. The van der Waals surface area contributed by atoms with Crippen molar-refractivity contribution < 1.29 is 0 Å². The van der Waals surface area contributed by atoms with Gasteiger partial charge in [0.15, 0.2) is 5.82 Å². The molecule has 1 aromatic carbocycles. The van der Waals surface area contributed by atoms with Crippen LogP contribution in [0.2, 0.25) is 0 Å². The molecular weight excluding hydrogens is 272 g/mol. The highest BCUT2D eigenvalue weighted by atomic mass is 15.2. The van der Waals surface area contributed by atoms with Crippen molar-refractivity contribution in [1.29, 1.82) is 0 Å². The van der Waals surface area contributed by atoms with E-state index in [1.165, 1.54) is 44.5 Å². The first-order valence-corrected chi connectivity index (χ1v) is 8.50. The molecular formula is C18H26N4. The number of hydrogen-bond acceptors (Lipinski definition) is 3. The van der Waals surface area contributed by atoms with Crippen LogP contribution in [0.4, 0.5) is 0 Å². The largest absolute Gasteiger partial charge is 0.303 e. The van der Waals surface area contributed by atoms with Crippen molar-refractivity contribution in [2.24, 2.45) is 5.92 Å². The predicted octanol–water partition coefficient (Wildman–Crippen LogP) is 3.06. The van der Waals surface area contributed by atoms with E-state index in [1.54, 1.807) is 0 Å². The van der Waals surface area contributed by atoms with Crippen molar-refractivity contribution >= 4 is 0 Å². The van der Waals surface area contributed by atoms with Crippen LogP contribution in [0, 0.1) is 5.92 Å². The summed E-state index contributed by atoms with van der Waals surface area (Å²) in [5.41, 5.74) is 1.28. The van der Waals surface area contributed by atoms with E-state index in [9.17, 15) is 0 Å². The van der Waals surface area contributed by atoms with Gasteiger partial charge in [0.05, 0.1) is 0 Å². The molecule has 1 fully saturated rings. The van der Waals surface area contributed by atoms with Crippen LogP contribution in [0.25, 0.3) is 0 Å². The Bertz CT molecular complexity index is 555. The molecule has 0 spiro atoms. The van der Waals surface area contributed by atoms with Crippen LogP contribution in [0.1, 0.15) is 43.4 Å². The number of rotatable bonds is 6. The Balaban J connectivity index is 1.50. The normalized spacial score (nSPS) is 17.0. The summed E-state index contributed by atoms with van der Waals surface area (Å²) in [6.45, 7) is 5.97. The van der Waals surface area contributed by atoms with Gasteiger partial charge in [-0.1, -0.05) is 37.3 Å². The molecule has 1 N–H and O–H groups in total. The highest BCUT2D eigenvalue weighted by Gasteiger charge is 2.20. The van der Waals surface area contributed by atoms with Crippen LogP contribution in [-0.2, 0) is 12.8 Å². The summed E-state index contributed by atoms with van der Waals surface area (Å²) < 4.78 is 0. The quantitative estimate of drug-likeness (QED) is 0.891. The van der Waals surface area contributed by atoms with E-state index >= 15 is 0 Å². The van der Waals surface area contributed by atoms with Gasteiger partial charge in [-0.25, -0.2) is 4.98 Å². The molecule has 0 bridgehead atoms. The first-order chi connectivity index (χ1) is 10.8. The van der Waals surface area contributed by atoms with Crippen molar-refractivity contribution in [2.75, 3.05) is 19.6 Å². The van der Waals surface area contributed by atoms with Crippen LogP contribution >= 0.6 is 0 Å². The summed E-state index contributed by atoms with van der Waals surface area (Å²) >= 11 is 0. The first kappa shape index (κ1) is 15.2. The molecule has 22 heavy (non-hydrogen) atoms. The molecule has 118 valence electrons. The number of piperidine rings is 1. The fourth-order valence-corrected chi connectivity index (χ4v) is 3.28. The van der Waals surface area contributed by atoms with Gasteiger partial charge in [-0.05, 0) is 50.4 Å². The van der Waals surface area contributed by atoms with Crippen molar-refractivity contribution in [3.8, 4) is 0 Å². The summed E-state index contributed by atoms with van der Waals surface area (Å²) in [5.74, 6) is 2.71. The third-order valence-electron chi connectivity index (χ3n) is 4.51. The van der Waals surface area contributed by atoms with Crippen LogP contribution in [0.15, 0.2) is 30.3 Å². The van der Waals surface area contributed by atoms with Gasteiger partial charge in [-0.15, -0.1) is 0 Å². The third-order valence-corrected chi connectivity index (χ3v) is 4.51. The van der Waals surface area contributed by atoms with Gasteiger partial charge in [0.1, 0.15) is 5.82 Å². The summed E-state index contributed by atoms with van der Waals surface area (Å²) in [4.78, 5) is 7.25. The maximum atomic E-state index is 4.67. The fourth-order valence-electron chi connectivity index (χ4n) is 3.28. The number of aromatic nitrogens is 3. The van der Waals surface area contributed by atoms with Gasteiger partial charge in [0.25, 0.3) is 0 Å². The molecule has 0 amide bonds. The second-order valence-electron chi connectivity index (χ2n) is 6.35. The molecule has 3 rings (SSSR count). The average molecular weight is 298 g/mol. The smallest absolute Gasteiger partial charge is 0.150 e. The summed E-state index contributed by atoms with van der Waals surface area (Å²) in [6.07, 6.45) is 5.67. The Morgan fingerprint density at radius 2 is 1.95 bits per heavy atom. The zero-order valence-electron chi connectivity index (χ0n) is 13.5. The Labute approximate surface area is 133 Å². The van der Waals surface area contributed by atoms with Crippen LogP contribution in [0.3, 0.4) is 0 Å². The third kappa shape index (κ3) is 4.17. The predicted molar refractivity (Wildman–Crippen MR) is 88.8 cm³/mol. The highest BCUT2D eigenvalue weighted by Crippen LogP contribution is 2.20. The van der Waals surface area contributed by atoms with Gasteiger partial charge in [0.2, 0.25) is 0 Å². The standard InChI is InChI=1S/C18H26N4/c1-2-10-22-11-8-16(9-12-22)14-18-19-17(20-21-18)13-15-6-4-3-5-7-15/h3-7,16H,2,8-14H2,1H3,(H,19,20,21). The second kappa shape index (κ2) is 7.54. The molecule has 0 radical (unpaired) electrons. The van der Waals surface area contributed by atoms with Crippen LogP contribution < -0.4 is 0 Å². The minimum absolute atomic E-state index is 0.744. The molecule has 2 aromatic rings. The number of nitrogens with zero attached hydrogens (tertiary/aromatic N) is 3. The van der Waals surface area contributed by atoms with E-state index in [-0.39, 0.29) is 0 Å². The van der Waals surface area contributed by atoms with Crippen molar-refractivity contribution in [2.45, 2.75) is 39.0 Å². The molecule has 0 atom stereocenters. The van der Waals surface area contributed by atoms with E-state index in [2.05, 4.69) is 51.3 Å². The van der Waals surface area contributed by atoms with Gasteiger partial charge in [0, 0.05) is 12.8 Å². The minimum Gasteiger partial charge on any atom is -0.303 e. The summed E-state index contributed by atoms with van der Waals surface area (Å²) in [6, 6.07) is 10.4. The van der Waals surface area contributed by atoms with Crippen LogP contribution in [-0.4, -0.2) is 39.7 Å². The molecule has 1 aliphatic rings. The molecule has 1 aromatic heterocycles. The molecule has 4 heteroatoms. The molecule has 0 aliphatic carbocycles. The zero-order valence-corrected chi connectivity index (χ0v) is 13.5. The lowest BCUT2D eigenvalue weighted by Gasteiger charge is -2.31. The number of hydrogen-bond donors (Lipinski definition) is 1. The lowest BCUT2D eigenvalue weighted by molar-refractivity contribution is 0.183. The molecule has 0 unspecified atom stereocenters. The maximum Gasteiger partial charge on any atom is 0.150 e. The Morgan fingerprint density at radius 1 is 1.18 bits per heavy atom. The minimum atomic E-state index is 0.744. The lowest BCUT2D eigenvalue weighted by Crippen LogP contribution is -2.34. The van der Waals surface area contributed by atoms with E-state index in [1.807, 2.05) is 6.07 Å². The number of nitrogens with one attached hydrogen (secondary N) is 1. The topological polar surface area (TPSA) is 44.8 Å². The Hall–Kier alpha value is -1.68. The van der Waals surface area contributed by atoms with Gasteiger partial charge in [-0.3, -0.25) is 5.10 Å². The van der Waals surface area contributed by atoms with Gasteiger partial charge >= 0.3 is 0 Å². The highest BCUT2D eigenvalue weighted by molar-refractivity contribution is 5.18. The monoisotopic (exact) mass is 298 g/mol. The number of benzene rings is 1. The van der Waals surface area contributed by atoms with Gasteiger partial charge < -0.3 is 4.90 Å². The molecule has 2 heterocycles. The molecule has 1 saturated heterocycles. The Morgan fingerprint density at radius 3 is 2.68 bits per heavy atom. The zero-order chi connectivity index (χ0) is 15.2. The number of H-pyrrole nitrogens is 1. The second-order valence-corrected chi connectivity index (χ2v) is 6.35. The van der Waals surface area contributed by atoms with E-state index in [0.29, 0.717) is 0 Å². The number of aromatic amines is 1. The Kier molecular flexibility index (Phi) is 5.22. The van der Waals surface area contributed by atoms with E-state index in [0.717, 1.165) is 30.4 Å². The molecule has 4 nitrogen and oxygen atoms in total. The van der Waals surface area contributed by atoms with E-state index in [4.69, 9.17) is 0 Å². The maximum absolute atomic E-state index is 4.67. The van der Waals surface area contributed by atoms with E-state index < -0.39 is 0 Å². The van der Waals surface area contributed by atoms with Crippen molar-refractivity contribution in [3.05, 3.63) is 47.5 Å².